The van der Waals surface area contributed by atoms with Crippen LogP contribution in [0.5, 0.6) is 0 Å². The number of fused-ring (bicyclic) bond motifs is 5. The van der Waals surface area contributed by atoms with Crippen molar-refractivity contribution in [3.63, 3.8) is 0 Å². The maximum absolute atomic E-state index is 5.01. The highest BCUT2D eigenvalue weighted by Gasteiger charge is 2.18. The van der Waals surface area contributed by atoms with E-state index in [1.807, 2.05) is 72.0 Å². The standard InChI is InChI=1S/C55H35N3S/c1-5-16-36(17-6-1)44-31-45(37-18-7-2-8-19-37)33-46(32-44)49-34-42-24-13-14-27-47(42)51-48-29-28-41(35-50(48)59-52(49)51)40-25-15-26-43(30-40)55-57-53(38-20-9-3-10-21-38)56-54(58-55)39-22-11-4-12-23-39/h1-35H. The molecule has 11 rings (SSSR count). The quantitative estimate of drug-likeness (QED) is 0.162. The average Bonchev–Trinajstić information content (AvgIpc) is 3.71. The lowest BCUT2D eigenvalue weighted by Gasteiger charge is -2.13. The zero-order valence-corrected chi connectivity index (χ0v) is 32.8. The van der Waals surface area contributed by atoms with Gasteiger partial charge < -0.3 is 0 Å². The van der Waals surface area contributed by atoms with Crippen LogP contribution < -0.4 is 0 Å². The second kappa shape index (κ2) is 14.8. The van der Waals surface area contributed by atoms with E-state index < -0.39 is 0 Å². The summed E-state index contributed by atoms with van der Waals surface area (Å²) in [5.74, 6) is 1.95. The van der Waals surface area contributed by atoms with Crippen LogP contribution in [0.2, 0.25) is 0 Å². The number of benzene rings is 9. The molecule has 0 aliphatic carbocycles. The Kier molecular flexibility index (Phi) is 8.68. The third-order valence-electron chi connectivity index (χ3n) is 11.1. The van der Waals surface area contributed by atoms with Crippen molar-refractivity contribution in [3.8, 4) is 78.7 Å². The summed E-state index contributed by atoms with van der Waals surface area (Å²) < 4.78 is 2.54. The highest BCUT2D eigenvalue weighted by molar-refractivity contribution is 7.26. The molecule has 0 bridgehead atoms. The molecule has 0 N–H and O–H groups in total. The fourth-order valence-electron chi connectivity index (χ4n) is 8.17. The van der Waals surface area contributed by atoms with Crippen molar-refractivity contribution in [1.82, 2.24) is 15.0 Å². The van der Waals surface area contributed by atoms with E-state index in [2.05, 4.69) is 152 Å². The molecule has 0 saturated heterocycles. The minimum absolute atomic E-state index is 0.645. The molecule has 4 heteroatoms. The van der Waals surface area contributed by atoms with Crippen LogP contribution in [-0.4, -0.2) is 15.0 Å². The summed E-state index contributed by atoms with van der Waals surface area (Å²) in [6.07, 6.45) is 0. The van der Waals surface area contributed by atoms with Crippen LogP contribution in [0.1, 0.15) is 0 Å². The summed E-state index contributed by atoms with van der Waals surface area (Å²) >= 11 is 1.88. The highest BCUT2D eigenvalue weighted by Crippen LogP contribution is 2.46. The van der Waals surface area contributed by atoms with Crippen LogP contribution in [0.4, 0.5) is 0 Å². The van der Waals surface area contributed by atoms with E-state index in [0.717, 1.165) is 27.8 Å². The molecule has 276 valence electrons. The van der Waals surface area contributed by atoms with Gasteiger partial charge in [-0.2, -0.15) is 0 Å². The first-order valence-corrected chi connectivity index (χ1v) is 20.7. The van der Waals surface area contributed by atoms with Gasteiger partial charge in [0.25, 0.3) is 0 Å². The molecular formula is C55H35N3S. The van der Waals surface area contributed by atoms with E-state index in [-0.39, 0.29) is 0 Å². The fourth-order valence-corrected chi connectivity index (χ4v) is 9.47. The normalized spacial score (nSPS) is 11.4. The Hall–Kier alpha value is -7.53. The first-order chi connectivity index (χ1) is 29.2. The van der Waals surface area contributed by atoms with Gasteiger partial charge in [-0.3, -0.25) is 0 Å². The smallest absolute Gasteiger partial charge is 0.164 e. The number of hydrogen-bond acceptors (Lipinski definition) is 4. The van der Waals surface area contributed by atoms with Crippen LogP contribution in [-0.2, 0) is 0 Å². The van der Waals surface area contributed by atoms with Crippen LogP contribution >= 0.6 is 11.3 Å². The molecule has 0 saturated carbocycles. The number of hydrogen-bond donors (Lipinski definition) is 0. The summed E-state index contributed by atoms with van der Waals surface area (Å²) in [7, 11) is 0. The van der Waals surface area contributed by atoms with E-state index in [0.29, 0.717) is 17.5 Å². The Morgan fingerprint density at radius 1 is 0.288 bits per heavy atom. The van der Waals surface area contributed by atoms with Crippen molar-refractivity contribution < 1.29 is 0 Å². The van der Waals surface area contributed by atoms with Crippen molar-refractivity contribution in [2.75, 3.05) is 0 Å². The Bertz CT molecular complexity index is 3190. The monoisotopic (exact) mass is 769 g/mol. The zero-order valence-electron chi connectivity index (χ0n) is 32.0. The van der Waals surface area contributed by atoms with Gasteiger partial charge in [0.2, 0.25) is 0 Å². The molecule has 0 fully saturated rings. The van der Waals surface area contributed by atoms with E-state index >= 15 is 0 Å². The molecule has 0 amide bonds. The molecule has 11 aromatic rings. The Morgan fingerprint density at radius 3 is 1.36 bits per heavy atom. The molecule has 59 heavy (non-hydrogen) atoms. The van der Waals surface area contributed by atoms with E-state index in [1.54, 1.807) is 0 Å². The van der Waals surface area contributed by atoms with Crippen molar-refractivity contribution in [1.29, 1.82) is 0 Å². The van der Waals surface area contributed by atoms with Crippen LogP contribution in [0.25, 0.3) is 110 Å². The summed E-state index contributed by atoms with van der Waals surface area (Å²) in [4.78, 5) is 14.9. The minimum Gasteiger partial charge on any atom is -0.208 e. The lowest BCUT2D eigenvalue weighted by molar-refractivity contribution is 1.07. The van der Waals surface area contributed by atoms with Gasteiger partial charge in [-0.1, -0.05) is 176 Å². The molecule has 0 aliphatic rings. The largest absolute Gasteiger partial charge is 0.208 e. The topological polar surface area (TPSA) is 38.7 Å². The Morgan fingerprint density at radius 2 is 0.746 bits per heavy atom. The zero-order chi connectivity index (χ0) is 39.1. The lowest BCUT2D eigenvalue weighted by Crippen LogP contribution is -2.00. The van der Waals surface area contributed by atoms with Gasteiger partial charge in [-0.05, 0) is 86.1 Å². The molecule has 0 atom stereocenters. The second-order valence-corrected chi connectivity index (χ2v) is 15.9. The summed E-state index contributed by atoms with van der Waals surface area (Å²) in [6.45, 7) is 0. The summed E-state index contributed by atoms with van der Waals surface area (Å²) in [6, 6.07) is 75.4. The van der Waals surface area contributed by atoms with Crippen LogP contribution in [0.15, 0.2) is 212 Å². The molecule has 0 unspecified atom stereocenters. The predicted molar refractivity (Wildman–Crippen MR) is 248 cm³/mol. The number of nitrogens with zero attached hydrogens (tertiary/aromatic N) is 3. The summed E-state index contributed by atoms with van der Waals surface area (Å²) in [5, 5.41) is 5.08. The SMILES string of the molecule is c1ccc(-c2cc(-c3ccccc3)cc(-c3cc4ccccc4c4c3sc3cc(-c5cccc(-c6nc(-c7ccccc7)nc(-c7ccccc7)n6)c5)ccc34)c2)cc1. The van der Waals surface area contributed by atoms with Crippen LogP contribution in [0.3, 0.4) is 0 Å². The van der Waals surface area contributed by atoms with Gasteiger partial charge in [-0.25, -0.2) is 15.0 Å². The van der Waals surface area contributed by atoms with Crippen molar-refractivity contribution in [2.45, 2.75) is 0 Å². The Labute approximate surface area is 346 Å². The molecule has 9 aromatic carbocycles. The van der Waals surface area contributed by atoms with Gasteiger partial charge >= 0.3 is 0 Å². The van der Waals surface area contributed by atoms with Gasteiger partial charge in [-0.15, -0.1) is 11.3 Å². The molecular weight excluding hydrogens is 735 g/mol. The maximum atomic E-state index is 5.01. The summed E-state index contributed by atoms with van der Waals surface area (Å²) in [5.41, 5.74) is 12.4. The molecule has 0 spiro atoms. The van der Waals surface area contributed by atoms with Gasteiger partial charge in [0.15, 0.2) is 17.5 Å². The van der Waals surface area contributed by atoms with E-state index in [4.69, 9.17) is 15.0 Å². The minimum atomic E-state index is 0.645. The van der Waals surface area contributed by atoms with Crippen molar-refractivity contribution in [2.24, 2.45) is 0 Å². The second-order valence-electron chi connectivity index (χ2n) is 14.8. The van der Waals surface area contributed by atoms with Crippen molar-refractivity contribution in [3.05, 3.63) is 212 Å². The van der Waals surface area contributed by atoms with E-state index in [9.17, 15) is 0 Å². The molecule has 0 radical (unpaired) electrons. The molecule has 3 nitrogen and oxygen atoms in total. The molecule has 2 aromatic heterocycles. The number of aromatic nitrogens is 3. The first-order valence-electron chi connectivity index (χ1n) is 19.8. The van der Waals surface area contributed by atoms with E-state index in [1.165, 1.54) is 64.3 Å². The molecule has 0 aliphatic heterocycles. The highest BCUT2D eigenvalue weighted by atomic mass is 32.1. The van der Waals surface area contributed by atoms with Gasteiger partial charge in [0, 0.05) is 42.4 Å². The number of rotatable bonds is 7. The lowest BCUT2D eigenvalue weighted by atomic mass is 9.91. The predicted octanol–water partition coefficient (Wildman–Crippen LogP) is 15.1. The average molecular weight is 770 g/mol. The van der Waals surface area contributed by atoms with Gasteiger partial charge in [0.05, 0.1) is 0 Å². The molecule has 2 heterocycles. The van der Waals surface area contributed by atoms with Crippen LogP contribution in [0, 0.1) is 0 Å². The number of thiophene rings is 1. The third kappa shape index (κ3) is 6.56. The maximum Gasteiger partial charge on any atom is 0.164 e. The van der Waals surface area contributed by atoms with Gasteiger partial charge in [0.1, 0.15) is 0 Å². The van der Waals surface area contributed by atoms with Crippen molar-refractivity contribution >= 4 is 42.3 Å². The third-order valence-corrected chi connectivity index (χ3v) is 12.3. The first kappa shape index (κ1) is 34.7. The fraction of sp³-hybridized carbons (Fsp3) is 0. The Balaban J connectivity index is 1.06.